The van der Waals surface area contributed by atoms with Crippen LogP contribution in [0, 0.1) is 0 Å². The van der Waals surface area contributed by atoms with Gasteiger partial charge in [-0.05, 0) is 19.3 Å². The summed E-state index contributed by atoms with van der Waals surface area (Å²) in [6.07, 6.45) is 43.0. The molecule has 0 aromatic heterocycles. The minimum atomic E-state index is -0.670. The Kier molecular flexibility index (Phi) is 51.8. The molecule has 0 aromatic rings. The maximum Gasteiger partial charge on any atom is 0.305 e. The fraction of sp³-hybridized carbons (Fsp3) is 0.952. The first-order chi connectivity index (χ1) is 22.5. The Bertz CT molecular complexity index is 540. The number of hydrogen-bond donors (Lipinski definition) is 1. The molecule has 1 N–H and O–H groups in total. The average molecular weight is 655 g/mol. The van der Waals surface area contributed by atoms with Gasteiger partial charge in [-0.3, -0.25) is 9.59 Å². The van der Waals surface area contributed by atoms with E-state index in [9.17, 15) is 9.59 Å². The average Bonchev–Trinajstić information content (AvgIpc) is 3.05. The van der Waals surface area contributed by atoms with Gasteiger partial charge in [0, 0.05) is 12.8 Å². The minimum absolute atomic E-state index is 0.0104. The summed E-state index contributed by atoms with van der Waals surface area (Å²) in [7, 11) is 0. The van der Waals surface area contributed by atoms with Gasteiger partial charge in [-0.15, -0.1) is 0 Å². The fourth-order valence-corrected chi connectivity index (χ4v) is 5.51. The normalized spacial score (nSPS) is 10.5. The SMILES string of the molecule is CCCCCCCC(=O)O.CCCCCCCCCC.CCCCCCCCCCCCCCCCOC(=O)CCCCCCC. The van der Waals surface area contributed by atoms with E-state index in [0.29, 0.717) is 19.4 Å². The molecule has 0 saturated carbocycles. The van der Waals surface area contributed by atoms with Crippen molar-refractivity contribution in [2.75, 3.05) is 6.61 Å². The van der Waals surface area contributed by atoms with Gasteiger partial charge in [0.25, 0.3) is 0 Å². The highest BCUT2D eigenvalue weighted by Crippen LogP contribution is 2.13. The number of hydrogen-bond acceptors (Lipinski definition) is 3. The molecule has 0 aromatic carbocycles. The summed E-state index contributed by atoms with van der Waals surface area (Å²) in [4.78, 5) is 21.6. The molecule has 0 bridgehead atoms. The number of rotatable bonds is 34. The number of ether oxygens (including phenoxy) is 1. The Labute approximate surface area is 290 Å². The molecule has 0 aliphatic carbocycles. The third-order valence-corrected chi connectivity index (χ3v) is 8.70. The van der Waals surface area contributed by atoms with Gasteiger partial charge in [-0.2, -0.15) is 0 Å². The van der Waals surface area contributed by atoms with Crippen LogP contribution in [-0.2, 0) is 14.3 Å². The predicted octanol–water partition coefficient (Wildman–Crippen LogP) is 14.9. The summed E-state index contributed by atoms with van der Waals surface area (Å²) < 4.78 is 5.32. The van der Waals surface area contributed by atoms with Gasteiger partial charge in [-0.25, -0.2) is 0 Å². The van der Waals surface area contributed by atoms with Crippen LogP contribution in [-0.4, -0.2) is 23.7 Å². The largest absolute Gasteiger partial charge is 0.481 e. The zero-order valence-corrected chi connectivity index (χ0v) is 32.4. The van der Waals surface area contributed by atoms with E-state index in [1.54, 1.807) is 0 Å². The van der Waals surface area contributed by atoms with Crippen LogP contribution in [0.1, 0.15) is 253 Å². The van der Waals surface area contributed by atoms with E-state index in [2.05, 4.69) is 34.6 Å². The number of unbranched alkanes of at least 4 members (excludes halogenated alkanes) is 28. The van der Waals surface area contributed by atoms with E-state index in [1.165, 1.54) is 180 Å². The Hall–Kier alpha value is -1.06. The Morgan fingerprint density at radius 3 is 0.870 bits per heavy atom. The van der Waals surface area contributed by atoms with Crippen LogP contribution >= 0.6 is 0 Å². The second-order valence-corrected chi connectivity index (χ2v) is 13.7. The molecule has 0 aliphatic rings. The van der Waals surface area contributed by atoms with Crippen molar-refractivity contribution in [3.05, 3.63) is 0 Å². The van der Waals surface area contributed by atoms with Crippen molar-refractivity contribution < 1.29 is 19.4 Å². The van der Waals surface area contributed by atoms with Gasteiger partial charge in [0.05, 0.1) is 6.61 Å². The van der Waals surface area contributed by atoms with Crippen LogP contribution in [0.15, 0.2) is 0 Å². The summed E-state index contributed by atoms with van der Waals surface area (Å²) in [5.41, 5.74) is 0. The molecule has 278 valence electrons. The lowest BCUT2D eigenvalue weighted by molar-refractivity contribution is -0.144. The fourth-order valence-electron chi connectivity index (χ4n) is 5.51. The molecule has 46 heavy (non-hydrogen) atoms. The summed E-state index contributed by atoms with van der Waals surface area (Å²) in [5, 5.41) is 8.27. The van der Waals surface area contributed by atoms with Gasteiger partial charge in [-0.1, -0.05) is 221 Å². The van der Waals surface area contributed by atoms with Crippen molar-refractivity contribution in [1.82, 2.24) is 0 Å². The Morgan fingerprint density at radius 2 is 0.587 bits per heavy atom. The highest BCUT2D eigenvalue weighted by molar-refractivity contribution is 5.69. The minimum Gasteiger partial charge on any atom is -0.481 e. The van der Waals surface area contributed by atoms with Gasteiger partial charge < -0.3 is 9.84 Å². The molecular formula is C42H86O4. The molecule has 0 rings (SSSR count). The van der Waals surface area contributed by atoms with Gasteiger partial charge in [0.2, 0.25) is 0 Å². The summed E-state index contributed by atoms with van der Waals surface area (Å²) >= 11 is 0. The second kappa shape index (κ2) is 48.3. The van der Waals surface area contributed by atoms with Gasteiger partial charge in [0.1, 0.15) is 0 Å². The van der Waals surface area contributed by atoms with Crippen molar-refractivity contribution in [1.29, 1.82) is 0 Å². The van der Waals surface area contributed by atoms with Crippen LogP contribution in [0.4, 0.5) is 0 Å². The van der Waals surface area contributed by atoms with E-state index in [1.807, 2.05) is 0 Å². The summed E-state index contributed by atoms with van der Waals surface area (Å²) in [6, 6.07) is 0. The topological polar surface area (TPSA) is 63.6 Å². The third-order valence-electron chi connectivity index (χ3n) is 8.70. The predicted molar refractivity (Wildman–Crippen MR) is 204 cm³/mol. The number of carboxylic acid groups (broad SMARTS) is 1. The first-order valence-electron chi connectivity index (χ1n) is 20.9. The highest BCUT2D eigenvalue weighted by Gasteiger charge is 2.02. The van der Waals surface area contributed by atoms with E-state index >= 15 is 0 Å². The molecule has 0 saturated heterocycles. The van der Waals surface area contributed by atoms with Crippen molar-refractivity contribution in [3.63, 3.8) is 0 Å². The van der Waals surface area contributed by atoms with Crippen molar-refractivity contribution in [3.8, 4) is 0 Å². The molecule has 0 aliphatic heterocycles. The molecule has 0 atom stereocenters. The van der Waals surface area contributed by atoms with Crippen molar-refractivity contribution in [2.24, 2.45) is 0 Å². The molecule has 4 nitrogen and oxygen atoms in total. The van der Waals surface area contributed by atoms with Crippen molar-refractivity contribution >= 4 is 11.9 Å². The van der Waals surface area contributed by atoms with Crippen LogP contribution in [0.25, 0.3) is 0 Å². The molecule has 0 radical (unpaired) electrons. The van der Waals surface area contributed by atoms with E-state index in [0.717, 1.165) is 25.7 Å². The lowest BCUT2D eigenvalue weighted by Crippen LogP contribution is -2.05. The molecule has 0 amide bonds. The Balaban J connectivity index is -0.000000752. The summed E-state index contributed by atoms with van der Waals surface area (Å²) in [5.74, 6) is -0.660. The number of esters is 1. The number of aliphatic carboxylic acids is 1. The van der Waals surface area contributed by atoms with Crippen LogP contribution in [0.3, 0.4) is 0 Å². The van der Waals surface area contributed by atoms with Gasteiger partial charge >= 0.3 is 11.9 Å². The maximum atomic E-state index is 11.6. The van der Waals surface area contributed by atoms with Crippen molar-refractivity contribution in [2.45, 2.75) is 253 Å². The molecule has 0 fully saturated rings. The van der Waals surface area contributed by atoms with E-state index < -0.39 is 5.97 Å². The lowest BCUT2D eigenvalue weighted by Gasteiger charge is -2.05. The third kappa shape index (κ3) is 55.4. The number of carbonyl (C=O) groups excluding carboxylic acids is 1. The highest BCUT2D eigenvalue weighted by atomic mass is 16.5. The van der Waals surface area contributed by atoms with Crippen LogP contribution in [0.5, 0.6) is 0 Å². The molecule has 0 spiro atoms. The molecule has 0 heterocycles. The van der Waals surface area contributed by atoms with E-state index in [-0.39, 0.29) is 5.97 Å². The zero-order valence-electron chi connectivity index (χ0n) is 32.4. The smallest absolute Gasteiger partial charge is 0.305 e. The maximum absolute atomic E-state index is 11.6. The first kappa shape index (κ1) is 49.3. The van der Waals surface area contributed by atoms with Crippen LogP contribution in [0.2, 0.25) is 0 Å². The molecule has 0 unspecified atom stereocenters. The second-order valence-electron chi connectivity index (χ2n) is 13.7. The molecule has 4 heteroatoms. The standard InChI is InChI=1S/C24H48O2.C10H22.C8H16O2/c1-3-5-7-9-10-11-12-13-14-15-16-17-19-21-23-26-24(25)22-20-18-8-6-4-2;1-3-5-7-9-10-8-6-4-2;1-2-3-4-5-6-7-8(9)10/h3-23H2,1-2H3;3-10H2,1-2H3;2-7H2,1H3,(H,9,10). The molecular weight excluding hydrogens is 568 g/mol. The van der Waals surface area contributed by atoms with Crippen LogP contribution < -0.4 is 0 Å². The first-order valence-corrected chi connectivity index (χ1v) is 20.9. The van der Waals surface area contributed by atoms with Gasteiger partial charge in [0.15, 0.2) is 0 Å². The Morgan fingerprint density at radius 1 is 0.348 bits per heavy atom. The zero-order chi connectivity index (χ0) is 34.6. The summed E-state index contributed by atoms with van der Waals surface area (Å²) in [6.45, 7) is 11.8. The number of carboxylic acids is 1. The number of carbonyl (C=O) groups is 2. The monoisotopic (exact) mass is 655 g/mol. The lowest BCUT2D eigenvalue weighted by atomic mass is 10.0. The quantitative estimate of drug-likeness (QED) is 0.0554. The van der Waals surface area contributed by atoms with E-state index in [4.69, 9.17) is 9.84 Å².